The molecule has 0 atom stereocenters. The van der Waals surface area contributed by atoms with Crippen LogP contribution in [0.3, 0.4) is 0 Å². The van der Waals surface area contributed by atoms with Gasteiger partial charge in [-0.25, -0.2) is 4.98 Å². The van der Waals surface area contributed by atoms with Gasteiger partial charge in [0.2, 0.25) is 0 Å². The zero-order valence-corrected chi connectivity index (χ0v) is 12.3. The highest BCUT2D eigenvalue weighted by atomic mass is 35.5. The molecule has 0 bridgehead atoms. The molecule has 19 heavy (non-hydrogen) atoms. The molecule has 0 fully saturated rings. The van der Waals surface area contributed by atoms with Gasteiger partial charge in [-0.1, -0.05) is 52.2 Å². The average Bonchev–Trinajstić information content (AvgIpc) is 2.80. The van der Waals surface area contributed by atoms with Crippen LogP contribution in [0.25, 0.3) is 16.1 Å². The van der Waals surface area contributed by atoms with E-state index in [1.165, 1.54) is 15.7 Å². The van der Waals surface area contributed by atoms with E-state index in [-0.39, 0.29) is 5.56 Å². The molecule has 96 valence electrons. The van der Waals surface area contributed by atoms with Gasteiger partial charge >= 0.3 is 0 Å². The number of nitrogens with zero attached hydrogens (tertiary/aromatic N) is 2. The zero-order chi connectivity index (χ0) is 13.6. The lowest BCUT2D eigenvalue weighted by atomic mass is 10.1. The van der Waals surface area contributed by atoms with Crippen molar-refractivity contribution < 1.29 is 0 Å². The van der Waals surface area contributed by atoms with Gasteiger partial charge in [-0.05, 0) is 12.1 Å². The van der Waals surface area contributed by atoms with E-state index in [1.807, 2.05) is 0 Å². The van der Waals surface area contributed by atoms with Crippen LogP contribution >= 0.6 is 46.1 Å². The Bertz CT molecular complexity index is 841. The molecular formula is C12H5Cl3N2OS. The number of rotatable bonds is 1. The Morgan fingerprint density at radius 2 is 2.00 bits per heavy atom. The molecule has 2 aromatic heterocycles. The third-order valence-corrected chi connectivity index (χ3v) is 4.45. The Morgan fingerprint density at radius 1 is 1.21 bits per heavy atom. The molecule has 3 rings (SSSR count). The summed E-state index contributed by atoms with van der Waals surface area (Å²) in [5.41, 5.74) is 0.673. The van der Waals surface area contributed by atoms with Crippen molar-refractivity contribution in [2.75, 3.05) is 0 Å². The monoisotopic (exact) mass is 330 g/mol. The molecule has 0 N–H and O–H groups in total. The third-order valence-electron chi connectivity index (χ3n) is 2.62. The molecule has 0 radical (unpaired) electrons. The van der Waals surface area contributed by atoms with Gasteiger partial charge in [-0.3, -0.25) is 9.20 Å². The molecule has 0 aliphatic rings. The van der Waals surface area contributed by atoms with E-state index in [2.05, 4.69) is 4.98 Å². The number of hydrogen-bond acceptors (Lipinski definition) is 3. The SMILES string of the molecule is O=c1c(-c2ccc(Cl)cc2Cl)c(Cl)sc2nccn12. The van der Waals surface area contributed by atoms with Crippen molar-refractivity contribution in [3.05, 3.63) is 55.3 Å². The van der Waals surface area contributed by atoms with Gasteiger partial charge in [-0.2, -0.15) is 0 Å². The van der Waals surface area contributed by atoms with E-state index in [0.717, 1.165) is 0 Å². The van der Waals surface area contributed by atoms with Crippen molar-refractivity contribution in [3.8, 4) is 11.1 Å². The number of halogens is 3. The smallest absolute Gasteiger partial charge is 0.267 e. The highest BCUT2D eigenvalue weighted by Crippen LogP contribution is 2.35. The first-order valence-corrected chi connectivity index (χ1v) is 7.14. The first-order chi connectivity index (χ1) is 9.08. The van der Waals surface area contributed by atoms with E-state index in [4.69, 9.17) is 34.8 Å². The lowest BCUT2D eigenvalue weighted by Crippen LogP contribution is -2.13. The summed E-state index contributed by atoms with van der Waals surface area (Å²) in [6, 6.07) is 4.93. The van der Waals surface area contributed by atoms with Gasteiger partial charge < -0.3 is 0 Å². The maximum absolute atomic E-state index is 12.4. The molecule has 0 aliphatic carbocycles. The van der Waals surface area contributed by atoms with Crippen LogP contribution in [0.4, 0.5) is 0 Å². The number of fused-ring (bicyclic) bond motifs is 1. The van der Waals surface area contributed by atoms with Crippen LogP contribution in [0.15, 0.2) is 35.4 Å². The fourth-order valence-corrected chi connectivity index (χ4v) is 3.48. The van der Waals surface area contributed by atoms with Gasteiger partial charge in [0.1, 0.15) is 4.34 Å². The predicted molar refractivity (Wildman–Crippen MR) is 79.8 cm³/mol. The molecular weight excluding hydrogens is 327 g/mol. The van der Waals surface area contributed by atoms with Crippen LogP contribution in [-0.4, -0.2) is 9.38 Å². The first kappa shape index (κ1) is 12.9. The summed E-state index contributed by atoms with van der Waals surface area (Å²) < 4.78 is 1.80. The van der Waals surface area contributed by atoms with Gasteiger partial charge in [0.25, 0.3) is 5.56 Å². The standard InChI is InChI=1S/C12H5Cl3N2OS/c13-6-1-2-7(8(14)5-6)9-10(15)19-12-16-3-4-17(12)11(9)18/h1-5H. The molecule has 0 saturated carbocycles. The summed E-state index contributed by atoms with van der Waals surface area (Å²) in [5.74, 6) is 0. The second kappa shape index (κ2) is 4.80. The maximum atomic E-state index is 12.4. The quantitative estimate of drug-likeness (QED) is 0.663. The Hall–Kier alpha value is -1.07. The molecule has 0 saturated heterocycles. The van der Waals surface area contributed by atoms with Crippen molar-refractivity contribution in [2.45, 2.75) is 0 Å². The topological polar surface area (TPSA) is 34.4 Å². The fourth-order valence-electron chi connectivity index (χ4n) is 1.77. The van der Waals surface area contributed by atoms with Crippen LogP contribution in [0, 0.1) is 0 Å². The van der Waals surface area contributed by atoms with Gasteiger partial charge in [0.05, 0.1) is 10.6 Å². The summed E-state index contributed by atoms with van der Waals surface area (Å²) >= 11 is 19.4. The lowest BCUT2D eigenvalue weighted by molar-refractivity contribution is 1.14. The number of imidazole rings is 1. The highest BCUT2D eigenvalue weighted by Gasteiger charge is 2.16. The van der Waals surface area contributed by atoms with Crippen LogP contribution in [0.2, 0.25) is 14.4 Å². The summed E-state index contributed by atoms with van der Waals surface area (Å²) in [6.45, 7) is 0. The number of benzene rings is 1. The molecule has 0 aliphatic heterocycles. The Labute approximate surface area is 127 Å². The molecule has 7 heteroatoms. The Balaban J connectivity index is 2.39. The van der Waals surface area contributed by atoms with Crippen LogP contribution in [0.1, 0.15) is 0 Å². The fraction of sp³-hybridized carbons (Fsp3) is 0. The zero-order valence-electron chi connectivity index (χ0n) is 9.23. The van der Waals surface area contributed by atoms with Crippen molar-refractivity contribution >= 4 is 51.1 Å². The second-order valence-corrected chi connectivity index (χ2v) is 6.18. The molecule has 2 heterocycles. The minimum absolute atomic E-state index is 0.250. The van der Waals surface area contributed by atoms with Crippen molar-refractivity contribution in [1.82, 2.24) is 9.38 Å². The lowest BCUT2D eigenvalue weighted by Gasteiger charge is -2.06. The van der Waals surface area contributed by atoms with Crippen molar-refractivity contribution in [3.63, 3.8) is 0 Å². The van der Waals surface area contributed by atoms with Crippen LogP contribution < -0.4 is 5.56 Å². The maximum Gasteiger partial charge on any atom is 0.267 e. The Kier molecular flexibility index (Phi) is 3.27. The van der Waals surface area contributed by atoms with E-state index in [9.17, 15) is 4.79 Å². The molecule has 0 spiro atoms. The number of aromatic nitrogens is 2. The van der Waals surface area contributed by atoms with Crippen molar-refractivity contribution in [1.29, 1.82) is 0 Å². The van der Waals surface area contributed by atoms with Crippen molar-refractivity contribution in [2.24, 2.45) is 0 Å². The van der Waals surface area contributed by atoms with E-state index in [0.29, 0.717) is 30.5 Å². The minimum Gasteiger partial charge on any atom is -0.268 e. The molecule has 0 unspecified atom stereocenters. The summed E-state index contributed by atoms with van der Waals surface area (Å²) in [6.07, 6.45) is 3.15. The Morgan fingerprint density at radius 3 is 2.74 bits per heavy atom. The van der Waals surface area contributed by atoms with Gasteiger partial charge in [0.15, 0.2) is 4.96 Å². The summed E-state index contributed by atoms with van der Waals surface area (Å²) in [5, 5.41) is 0.892. The third kappa shape index (κ3) is 2.15. The van der Waals surface area contributed by atoms with Gasteiger partial charge in [-0.15, -0.1) is 0 Å². The van der Waals surface area contributed by atoms with E-state index < -0.39 is 0 Å². The molecule has 1 aromatic carbocycles. The summed E-state index contributed by atoms with van der Waals surface area (Å²) in [7, 11) is 0. The van der Waals surface area contributed by atoms with E-state index in [1.54, 1.807) is 30.6 Å². The largest absolute Gasteiger partial charge is 0.268 e. The molecule has 3 aromatic rings. The average molecular weight is 332 g/mol. The molecule has 0 amide bonds. The number of hydrogen-bond donors (Lipinski definition) is 0. The minimum atomic E-state index is -0.250. The highest BCUT2D eigenvalue weighted by molar-refractivity contribution is 7.20. The van der Waals surface area contributed by atoms with Crippen LogP contribution in [-0.2, 0) is 0 Å². The predicted octanol–water partition coefficient (Wildman–Crippen LogP) is 4.38. The van der Waals surface area contributed by atoms with Crippen LogP contribution in [0.5, 0.6) is 0 Å². The second-order valence-electron chi connectivity index (χ2n) is 3.76. The first-order valence-electron chi connectivity index (χ1n) is 5.19. The summed E-state index contributed by atoms with van der Waals surface area (Å²) in [4.78, 5) is 17.0. The molecule has 3 nitrogen and oxygen atoms in total. The van der Waals surface area contributed by atoms with E-state index >= 15 is 0 Å². The van der Waals surface area contributed by atoms with Gasteiger partial charge in [0, 0.05) is 23.0 Å². The normalized spacial score (nSPS) is 11.1.